The number of anilines is 1. The Morgan fingerprint density at radius 2 is 1.80 bits per heavy atom. The summed E-state index contributed by atoms with van der Waals surface area (Å²) in [5.41, 5.74) is 0.893. The maximum absolute atomic E-state index is 12.5. The van der Waals surface area contributed by atoms with E-state index >= 15 is 0 Å². The molecule has 2 rings (SSSR count). The number of amides is 2. The van der Waals surface area contributed by atoms with E-state index in [2.05, 4.69) is 20.0 Å². The maximum atomic E-state index is 12.5. The largest absolute Gasteiger partial charge is 0.344 e. The van der Waals surface area contributed by atoms with Gasteiger partial charge in [-0.15, -0.1) is 0 Å². The third kappa shape index (κ3) is 5.63. The Hall–Kier alpha value is -2.28. The van der Waals surface area contributed by atoms with Crippen molar-refractivity contribution in [2.75, 3.05) is 5.32 Å². The number of nitrogens with zero attached hydrogens (tertiary/aromatic N) is 2. The van der Waals surface area contributed by atoms with Gasteiger partial charge in [-0.3, -0.25) is 14.9 Å². The molecule has 0 saturated carbocycles. The highest BCUT2D eigenvalue weighted by Gasteiger charge is 2.25. The molecule has 1 heterocycles. The smallest absolute Gasteiger partial charge is 0.249 e. The quantitative estimate of drug-likeness (QED) is 0.793. The molecule has 0 bridgehead atoms. The molecule has 134 valence electrons. The Morgan fingerprint density at radius 3 is 2.40 bits per heavy atom. The molecule has 0 radical (unpaired) electrons. The van der Waals surface area contributed by atoms with Crippen molar-refractivity contribution in [1.29, 1.82) is 0 Å². The number of nitrogens with one attached hydrogen (secondary N) is 2. The second kappa shape index (κ2) is 8.71. The van der Waals surface area contributed by atoms with Crippen molar-refractivity contribution >= 4 is 28.5 Å². The van der Waals surface area contributed by atoms with Gasteiger partial charge in [-0.05, 0) is 11.8 Å². The topological polar surface area (TPSA) is 84.0 Å². The summed E-state index contributed by atoms with van der Waals surface area (Å²) in [5, 5.41) is 6.00. The van der Waals surface area contributed by atoms with Gasteiger partial charge in [0.05, 0.1) is 0 Å². The minimum Gasteiger partial charge on any atom is -0.344 e. The zero-order chi connectivity index (χ0) is 18.4. The summed E-state index contributed by atoms with van der Waals surface area (Å²) >= 11 is 1.13. The number of hydrogen-bond donors (Lipinski definition) is 2. The molecule has 2 amide bonds. The molecule has 1 aromatic carbocycles. The van der Waals surface area contributed by atoms with E-state index in [4.69, 9.17) is 0 Å². The molecule has 0 aliphatic carbocycles. The van der Waals surface area contributed by atoms with Gasteiger partial charge in [-0.1, -0.05) is 58.0 Å². The number of rotatable bonds is 7. The maximum Gasteiger partial charge on any atom is 0.249 e. The minimum absolute atomic E-state index is 0.0300. The molecule has 0 aliphatic rings. The predicted molar refractivity (Wildman–Crippen MR) is 100 cm³/mol. The summed E-state index contributed by atoms with van der Waals surface area (Å²) < 4.78 is 4.27. The highest BCUT2D eigenvalue weighted by molar-refractivity contribution is 7.10. The number of hydrogen-bond acceptors (Lipinski definition) is 5. The zero-order valence-corrected chi connectivity index (χ0v) is 15.8. The van der Waals surface area contributed by atoms with Crippen LogP contribution in [0, 0.1) is 11.8 Å². The monoisotopic (exact) mass is 360 g/mol. The second-order valence-electron chi connectivity index (χ2n) is 6.67. The van der Waals surface area contributed by atoms with Crippen molar-refractivity contribution in [2.24, 2.45) is 11.8 Å². The van der Waals surface area contributed by atoms with E-state index in [0.29, 0.717) is 17.4 Å². The number of benzene rings is 1. The lowest BCUT2D eigenvalue weighted by Gasteiger charge is -2.21. The van der Waals surface area contributed by atoms with E-state index in [9.17, 15) is 9.59 Å². The van der Waals surface area contributed by atoms with Crippen molar-refractivity contribution in [2.45, 2.75) is 40.2 Å². The molecule has 2 N–H and O–H groups in total. The first-order valence-corrected chi connectivity index (χ1v) is 9.13. The van der Waals surface area contributed by atoms with Crippen LogP contribution in [-0.4, -0.2) is 27.2 Å². The molecule has 0 saturated heterocycles. The summed E-state index contributed by atoms with van der Waals surface area (Å²) in [6, 6.07) is 8.97. The Bertz CT molecular complexity index is 713. The molecule has 1 unspecified atom stereocenters. The van der Waals surface area contributed by atoms with Crippen LogP contribution in [0.3, 0.4) is 0 Å². The Morgan fingerprint density at radius 1 is 1.12 bits per heavy atom. The molecule has 0 spiro atoms. The van der Waals surface area contributed by atoms with Crippen LogP contribution in [0.15, 0.2) is 30.3 Å². The lowest BCUT2D eigenvalue weighted by atomic mass is 10.0. The van der Waals surface area contributed by atoms with Crippen LogP contribution in [0.2, 0.25) is 0 Å². The van der Waals surface area contributed by atoms with Gasteiger partial charge in [0, 0.05) is 23.5 Å². The molecule has 2 aromatic rings. The van der Waals surface area contributed by atoms with Gasteiger partial charge in [0.15, 0.2) is 5.82 Å². The van der Waals surface area contributed by atoms with Crippen LogP contribution in [0.25, 0.3) is 11.4 Å². The van der Waals surface area contributed by atoms with Crippen molar-refractivity contribution in [3.63, 3.8) is 0 Å². The normalized spacial score (nSPS) is 12.2. The Balaban J connectivity index is 2.03. The van der Waals surface area contributed by atoms with Crippen LogP contribution in [-0.2, 0) is 9.59 Å². The van der Waals surface area contributed by atoms with Gasteiger partial charge in [0.25, 0.3) is 0 Å². The van der Waals surface area contributed by atoms with E-state index in [-0.39, 0.29) is 23.7 Å². The summed E-state index contributed by atoms with van der Waals surface area (Å²) in [7, 11) is 0. The summed E-state index contributed by atoms with van der Waals surface area (Å²) in [5.74, 6) is 0.393. The van der Waals surface area contributed by atoms with Crippen LogP contribution in [0.5, 0.6) is 0 Å². The van der Waals surface area contributed by atoms with E-state index in [1.165, 1.54) is 0 Å². The molecule has 1 aromatic heterocycles. The van der Waals surface area contributed by atoms with Gasteiger partial charge in [0.1, 0.15) is 6.04 Å². The van der Waals surface area contributed by atoms with Gasteiger partial charge in [-0.25, -0.2) is 0 Å². The van der Waals surface area contributed by atoms with E-state index in [0.717, 1.165) is 17.1 Å². The van der Waals surface area contributed by atoms with Crippen molar-refractivity contribution in [1.82, 2.24) is 14.7 Å². The van der Waals surface area contributed by atoms with Gasteiger partial charge in [0.2, 0.25) is 16.9 Å². The highest BCUT2D eigenvalue weighted by atomic mass is 32.1. The molecule has 0 fully saturated rings. The molecule has 1 atom stereocenters. The Kier molecular flexibility index (Phi) is 6.64. The first kappa shape index (κ1) is 19.1. The van der Waals surface area contributed by atoms with E-state index < -0.39 is 6.04 Å². The fourth-order valence-electron chi connectivity index (χ4n) is 2.30. The summed E-state index contributed by atoms with van der Waals surface area (Å²) in [4.78, 5) is 28.9. The third-order valence-electron chi connectivity index (χ3n) is 3.55. The third-order valence-corrected chi connectivity index (χ3v) is 4.18. The lowest BCUT2D eigenvalue weighted by molar-refractivity contribution is -0.127. The van der Waals surface area contributed by atoms with E-state index in [1.54, 1.807) is 0 Å². The van der Waals surface area contributed by atoms with Gasteiger partial charge >= 0.3 is 0 Å². The minimum atomic E-state index is -0.602. The molecule has 6 nitrogen and oxygen atoms in total. The predicted octanol–water partition coefficient (Wildman–Crippen LogP) is 3.33. The van der Waals surface area contributed by atoms with Crippen molar-refractivity contribution in [3.05, 3.63) is 30.3 Å². The van der Waals surface area contributed by atoms with Gasteiger partial charge in [-0.2, -0.15) is 9.36 Å². The molecular weight excluding hydrogens is 336 g/mol. The fourth-order valence-corrected chi connectivity index (χ4v) is 2.89. The van der Waals surface area contributed by atoms with E-state index in [1.807, 2.05) is 58.0 Å². The van der Waals surface area contributed by atoms with Crippen LogP contribution in [0.4, 0.5) is 5.13 Å². The average molecular weight is 360 g/mol. The number of carbonyl (C=O) groups excluding carboxylic acids is 2. The van der Waals surface area contributed by atoms with Gasteiger partial charge < -0.3 is 5.32 Å². The zero-order valence-electron chi connectivity index (χ0n) is 14.9. The first-order valence-electron chi connectivity index (χ1n) is 8.36. The molecule has 25 heavy (non-hydrogen) atoms. The molecule has 0 aliphatic heterocycles. The van der Waals surface area contributed by atoms with Crippen molar-refractivity contribution in [3.8, 4) is 11.4 Å². The highest BCUT2D eigenvalue weighted by Crippen LogP contribution is 2.21. The number of carbonyl (C=O) groups is 2. The summed E-state index contributed by atoms with van der Waals surface area (Å²) in [6.45, 7) is 7.73. The SMILES string of the molecule is CC(C)CC(=O)NC(C(=O)Nc1nc(-c2ccccc2)ns1)C(C)C. The summed E-state index contributed by atoms with van der Waals surface area (Å²) in [6.07, 6.45) is 0.396. The van der Waals surface area contributed by atoms with Crippen LogP contribution >= 0.6 is 11.5 Å². The lowest BCUT2D eigenvalue weighted by Crippen LogP contribution is -2.47. The van der Waals surface area contributed by atoms with Crippen LogP contribution < -0.4 is 10.6 Å². The Labute approximate surface area is 152 Å². The number of aromatic nitrogens is 2. The fraction of sp³-hybridized carbons (Fsp3) is 0.444. The van der Waals surface area contributed by atoms with Crippen molar-refractivity contribution < 1.29 is 9.59 Å². The molecular formula is C18H24N4O2S. The first-order chi connectivity index (χ1) is 11.9. The molecule has 7 heteroatoms. The average Bonchev–Trinajstić information content (AvgIpc) is 3.01. The van der Waals surface area contributed by atoms with Crippen LogP contribution in [0.1, 0.15) is 34.1 Å². The standard InChI is InChI=1S/C18H24N4O2S/c1-11(2)10-14(23)19-15(12(3)4)17(24)21-18-20-16(22-25-18)13-8-6-5-7-9-13/h5-9,11-12,15H,10H2,1-4H3,(H,19,23)(H,20,21,22,24). The second-order valence-corrected chi connectivity index (χ2v) is 7.42.